The van der Waals surface area contributed by atoms with Crippen LogP contribution in [-0.2, 0) is 0 Å². The van der Waals surface area contributed by atoms with Crippen molar-refractivity contribution < 1.29 is 0 Å². The summed E-state index contributed by atoms with van der Waals surface area (Å²) in [6.07, 6.45) is 5.21. The molecule has 0 amide bonds. The second-order valence-electron chi connectivity index (χ2n) is 2.87. The second-order valence-corrected chi connectivity index (χ2v) is 2.87. The molecule has 0 radical (unpaired) electrons. The van der Waals surface area contributed by atoms with Gasteiger partial charge in [0.1, 0.15) is 0 Å². The van der Waals surface area contributed by atoms with Gasteiger partial charge in [-0.3, -0.25) is 0 Å². The van der Waals surface area contributed by atoms with Crippen molar-refractivity contribution in [3.8, 4) is 6.07 Å². The third kappa shape index (κ3) is 1.95. The minimum atomic E-state index is 0.375. The molecule has 0 fully saturated rings. The van der Waals surface area contributed by atoms with Crippen molar-refractivity contribution >= 4 is 5.87 Å². The molecule has 0 atom stereocenters. The fourth-order valence-corrected chi connectivity index (χ4v) is 0.828. The second kappa shape index (κ2) is 3.71. The molecule has 1 aliphatic heterocycles. The van der Waals surface area contributed by atoms with E-state index in [-0.39, 0.29) is 0 Å². The third-order valence-corrected chi connectivity index (χ3v) is 1.57. The molecule has 2 heteroatoms. The zero-order chi connectivity index (χ0) is 8.97. The van der Waals surface area contributed by atoms with Crippen LogP contribution in [0.2, 0.25) is 0 Å². The first-order valence-electron chi connectivity index (χ1n) is 3.85. The molecule has 2 nitrogen and oxygen atoms in total. The Hall–Kier alpha value is -1.58. The van der Waals surface area contributed by atoms with Crippen molar-refractivity contribution in [3.05, 3.63) is 29.5 Å². The molecule has 1 rings (SSSR count). The van der Waals surface area contributed by atoms with E-state index in [1.807, 2.05) is 12.1 Å². The van der Waals surface area contributed by atoms with E-state index < -0.39 is 0 Å². The molecule has 60 valence electrons. The topological polar surface area (TPSA) is 36.1 Å². The molecule has 0 aromatic rings. The lowest BCUT2D eigenvalue weighted by Crippen LogP contribution is -1.88. The monoisotopic (exact) mass is 158 g/mol. The summed E-state index contributed by atoms with van der Waals surface area (Å²) >= 11 is 0. The number of hydrogen-bond acceptors (Lipinski definition) is 2. The summed E-state index contributed by atoms with van der Waals surface area (Å²) in [6, 6.07) is 2.04. The summed E-state index contributed by atoms with van der Waals surface area (Å²) in [5, 5.41) is 8.58. The van der Waals surface area contributed by atoms with Gasteiger partial charge < -0.3 is 0 Å². The highest BCUT2D eigenvalue weighted by molar-refractivity contribution is 5.63. The van der Waals surface area contributed by atoms with Crippen LogP contribution in [0.1, 0.15) is 13.8 Å². The van der Waals surface area contributed by atoms with Crippen LogP contribution in [0.25, 0.3) is 0 Å². The van der Waals surface area contributed by atoms with Gasteiger partial charge in [-0.1, -0.05) is 13.8 Å². The van der Waals surface area contributed by atoms with E-state index in [2.05, 4.69) is 24.7 Å². The first-order valence-corrected chi connectivity index (χ1v) is 3.85. The van der Waals surface area contributed by atoms with Gasteiger partial charge in [-0.15, -0.1) is 0 Å². The fraction of sp³-hybridized carbons (Fsp3) is 0.300. The van der Waals surface area contributed by atoms with E-state index >= 15 is 0 Å². The Morgan fingerprint density at radius 2 is 2.25 bits per heavy atom. The van der Waals surface area contributed by atoms with Gasteiger partial charge in [-0.25, -0.2) is 4.99 Å². The van der Waals surface area contributed by atoms with E-state index in [1.165, 1.54) is 0 Å². The van der Waals surface area contributed by atoms with Crippen LogP contribution in [0.3, 0.4) is 0 Å². The largest absolute Gasteiger partial charge is 0.210 e. The van der Waals surface area contributed by atoms with Crippen molar-refractivity contribution in [1.82, 2.24) is 0 Å². The van der Waals surface area contributed by atoms with E-state index in [9.17, 15) is 0 Å². The van der Waals surface area contributed by atoms with Gasteiger partial charge in [-0.2, -0.15) is 5.26 Å². The van der Waals surface area contributed by atoms with Gasteiger partial charge in [0.2, 0.25) is 0 Å². The number of hydrogen-bond donors (Lipinski definition) is 0. The average molecular weight is 158 g/mol. The highest BCUT2D eigenvalue weighted by Gasteiger charge is 2.00. The molecular formula is C10H10N2. The lowest BCUT2D eigenvalue weighted by molar-refractivity contribution is 0.760. The van der Waals surface area contributed by atoms with Crippen LogP contribution in [0, 0.1) is 17.2 Å². The average Bonchev–Trinajstić information content (AvgIpc) is 2.28. The summed E-state index contributed by atoms with van der Waals surface area (Å²) < 4.78 is 0. The quantitative estimate of drug-likeness (QED) is 0.576. The summed E-state index contributed by atoms with van der Waals surface area (Å²) in [5.41, 5.74) is 1.55. The SMILES string of the molecule is CC(C)C1=CC=C(C#N)C=C=N1. The highest BCUT2D eigenvalue weighted by atomic mass is 14.7. The van der Waals surface area contributed by atoms with Crippen molar-refractivity contribution in [1.29, 1.82) is 5.26 Å². The molecule has 0 N–H and O–H groups in total. The summed E-state index contributed by atoms with van der Waals surface area (Å²) in [4.78, 5) is 4.07. The Morgan fingerprint density at radius 3 is 2.83 bits per heavy atom. The third-order valence-electron chi connectivity index (χ3n) is 1.57. The maximum atomic E-state index is 8.58. The molecule has 0 saturated heterocycles. The van der Waals surface area contributed by atoms with Gasteiger partial charge in [0, 0.05) is 6.08 Å². The maximum Gasteiger partial charge on any atom is 0.0998 e. The zero-order valence-corrected chi connectivity index (χ0v) is 7.20. The number of allylic oxidation sites excluding steroid dienone is 5. The lowest BCUT2D eigenvalue weighted by Gasteiger charge is -2.00. The predicted molar refractivity (Wildman–Crippen MR) is 48.6 cm³/mol. The minimum absolute atomic E-state index is 0.375. The molecule has 1 heterocycles. The smallest absolute Gasteiger partial charge is 0.0998 e. The van der Waals surface area contributed by atoms with Gasteiger partial charge in [0.15, 0.2) is 0 Å². The molecule has 0 spiro atoms. The van der Waals surface area contributed by atoms with Crippen LogP contribution in [0.5, 0.6) is 0 Å². The molecule has 0 bridgehead atoms. The summed E-state index contributed by atoms with van der Waals surface area (Å²) in [6.45, 7) is 4.12. The standard InChI is InChI=1S/C10H10N2/c1-8(2)10-4-3-9(7-11)5-6-12-10/h3-5,8H,1-2H3. The first-order chi connectivity index (χ1) is 5.74. The van der Waals surface area contributed by atoms with Crippen molar-refractivity contribution in [3.63, 3.8) is 0 Å². The van der Waals surface area contributed by atoms with E-state index in [0.29, 0.717) is 11.5 Å². The Balaban J connectivity index is 3.00. The summed E-state index contributed by atoms with van der Waals surface area (Å²) in [7, 11) is 0. The van der Waals surface area contributed by atoms with Crippen LogP contribution < -0.4 is 0 Å². The van der Waals surface area contributed by atoms with E-state index in [0.717, 1.165) is 5.70 Å². The van der Waals surface area contributed by atoms with Crippen LogP contribution in [-0.4, -0.2) is 5.87 Å². The van der Waals surface area contributed by atoms with Crippen LogP contribution in [0.15, 0.2) is 34.5 Å². The normalized spacial score (nSPS) is 15.2. The molecule has 0 aromatic heterocycles. The maximum absolute atomic E-state index is 8.58. The molecule has 0 aromatic carbocycles. The number of aliphatic imine (C=N–C) groups is 1. The fourth-order valence-electron chi connectivity index (χ4n) is 0.828. The van der Waals surface area contributed by atoms with Crippen LogP contribution >= 0.6 is 0 Å². The van der Waals surface area contributed by atoms with Crippen molar-refractivity contribution in [2.75, 3.05) is 0 Å². The van der Waals surface area contributed by atoms with Gasteiger partial charge in [-0.05, 0) is 23.9 Å². The molecule has 12 heavy (non-hydrogen) atoms. The first kappa shape index (κ1) is 8.52. The molecule has 0 aliphatic carbocycles. The number of nitriles is 1. The van der Waals surface area contributed by atoms with Crippen molar-refractivity contribution in [2.24, 2.45) is 10.9 Å². The zero-order valence-electron chi connectivity index (χ0n) is 7.20. The number of rotatable bonds is 1. The predicted octanol–water partition coefficient (Wildman–Crippen LogP) is 2.22. The Labute approximate surface area is 72.2 Å². The van der Waals surface area contributed by atoms with E-state index in [4.69, 9.17) is 5.26 Å². The molecular weight excluding hydrogens is 148 g/mol. The van der Waals surface area contributed by atoms with Crippen LogP contribution in [0.4, 0.5) is 0 Å². The highest BCUT2D eigenvalue weighted by Crippen LogP contribution is 2.12. The van der Waals surface area contributed by atoms with E-state index in [1.54, 1.807) is 12.2 Å². The summed E-state index contributed by atoms with van der Waals surface area (Å²) in [5.74, 6) is 3.10. The Morgan fingerprint density at radius 1 is 1.50 bits per heavy atom. The van der Waals surface area contributed by atoms with Crippen molar-refractivity contribution in [2.45, 2.75) is 13.8 Å². The number of nitrogens with zero attached hydrogens (tertiary/aromatic N) is 2. The Bertz CT molecular complexity index is 331. The molecule has 0 unspecified atom stereocenters. The van der Waals surface area contributed by atoms with Gasteiger partial charge >= 0.3 is 0 Å². The lowest BCUT2D eigenvalue weighted by atomic mass is 10.1. The van der Waals surface area contributed by atoms with Gasteiger partial charge in [0.05, 0.1) is 17.3 Å². The van der Waals surface area contributed by atoms with Gasteiger partial charge in [0.25, 0.3) is 0 Å². The molecule has 1 aliphatic rings. The minimum Gasteiger partial charge on any atom is -0.210 e. The molecule has 0 saturated carbocycles. The Kier molecular flexibility index (Phi) is 2.63.